The van der Waals surface area contributed by atoms with E-state index in [-0.39, 0.29) is 17.8 Å². The molecule has 0 spiro atoms. The van der Waals surface area contributed by atoms with Crippen LogP contribution in [0.15, 0.2) is 0 Å². The SMILES string of the molecule is CC[C@H](C)NC(=O)CCl. The number of alkyl halides is 1. The minimum absolute atomic E-state index is 0.0599. The first-order chi connectivity index (χ1) is 4.20. The lowest BCUT2D eigenvalue weighted by atomic mass is 10.3. The molecule has 0 aromatic heterocycles. The molecular formula is C6H12ClNO. The minimum Gasteiger partial charge on any atom is -0.353 e. The Labute approximate surface area is 60.6 Å². The number of amides is 1. The number of rotatable bonds is 3. The Hall–Kier alpha value is -0.240. The van der Waals surface area contributed by atoms with E-state index in [0.717, 1.165) is 6.42 Å². The molecule has 0 aliphatic heterocycles. The van der Waals surface area contributed by atoms with Gasteiger partial charge in [0.25, 0.3) is 0 Å². The van der Waals surface area contributed by atoms with E-state index in [1.165, 1.54) is 0 Å². The van der Waals surface area contributed by atoms with Crippen LogP contribution in [0.25, 0.3) is 0 Å². The molecule has 0 fully saturated rings. The zero-order chi connectivity index (χ0) is 7.28. The van der Waals surface area contributed by atoms with Crippen molar-refractivity contribution < 1.29 is 4.79 Å². The van der Waals surface area contributed by atoms with Crippen LogP contribution in [0.2, 0.25) is 0 Å². The Morgan fingerprint density at radius 2 is 2.33 bits per heavy atom. The van der Waals surface area contributed by atoms with E-state index >= 15 is 0 Å². The molecule has 0 aromatic carbocycles. The monoisotopic (exact) mass is 149 g/mol. The van der Waals surface area contributed by atoms with Gasteiger partial charge in [-0.05, 0) is 13.3 Å². The number of halogens is 1. The summed E-state index contributed by atoms with van der Waals surface area (Å²) in [4.78, 5) is 10.5. The van der Waals surface area contributed by atoms with E-state index in [1.807, 2.05) is 13.8 Å². The van der Waals surface area contributed by atoms with Crippen LogP contribution in [0, 0.1) is 0 Å². The summed E-state index contributed by atoms with van der Waals surface area (Å²) in [6, 6.07) is 0.247. The minimum atomic E-state index is -0.0917. The fourth-order valence-electron chi connectivity index (χ4n) is 0.415. The average Bonchev–Trinajstić information content (AvgIpc) is 1.87. The van der Waals surface area contributed by atoms with Crippen LogP contribution < -0.4 is 5.32 Å². The molecule has 2 nitrogen and oxygen atoms in total. The molecule has 1 atom stereocenters. The molecule has 0 aliphatic carbocycles. The highest BCUT2D eigenvalue weighted by molar-refractivity contribution is 6.27. The molecule has 1 amide bonds. The Kier molecular flexibility index (Phi) is 4.50. The third-order valence-corrected chi connectivity index (χ3v) is 1.38. The summed E-state index contributed by atoms with van der Waals surface area (Å²) >= 11 is 5.24. The largest absolute Gasteiger partial charge is 0.353 e. The zero-order valence-corrected chi connectivity index (χ0v) is 6.53. The maximum Gasteiger partial charge on any atom is 0.235 e. The van der Waals surface area contributed by atoms with E-state index in [0.29, 0.717) is 0 Å². The lowest BCUT2D eigenvalue weighted by Crippen LogP contribution is -2.32. The van der Waals surface area contributed by atoms with E-state index in [1.54, 1.807) is 0 Å². The molecule has 54 valence electrons. The maximum atomic E-state index is 10.5. The van der Waals surface area contributed by atoms with Gasteiger partial charge in [0, 0.05) is 6.04 Å². The molecular weight excluding hydrogens is 138 g/mol. The fourth-order valence-corrected chi connectivity index (χ4v) is 0.493. The third kappa shape index (κ3) is 4.28. The Bertz CT molecular complexity index is 95.1. The molecule has 0 aliphatic rings. The number of carbonyl (C=O) groups excluding carboxylic acids is 1. The van der Waals surface area contributed by atoms with Crippen LogP contribution in [0.3, 0.4) is 0 Å². The first-order valence-electron chi connectivity index (χ1n) is 3.06. The summed E-state index contributed by atoms with van der Waals surface area (Å²) in [7, 11) is 0. The first-order valence-corrected chi connectivity index (χ1v) is 3.59. The van der Waals surface area contributed by atoms with Gasteiger partial charge in [-0.25, -0.2) is 0 Å². The Morgan fingerprint density at radius 3 is 2.67 bits per heavy atom. The number of hydrogen-bond acceptors (Lipinski definition) is 1. The van der Waals surface area contributed by atoms with Gasteiger partial charge >= 0.3 is 0 Å². The standard InChI is InChI=1S/C6H12ClNO/c1-3-5(2)8-6(9)4-7/h5H,3-4H2,1-2H3,(H,8,9)/t5-/m0/s1. The highest BCUT2D eigenvalue weighted by Crippen LogP contribution is 1.87. The highest BCUT2D eigenvalue weighted by atomic mass is 35.5. The average molecular weight is 150 g/mol. The van der Waals surface area contributed by atoms with E-state index in [2.05, 4.69) is 5.32 Å². The first kappa shape index (κ1) is 8.76. The van der Waals surface area contributed by atoms with Crippen LogP contribution in [0.4, 0.5) is 0 Å². The molecule has 1 N–H and O–H groups in total. The van der Waals surface area contributed by atoms with Crippen molar-refractivity contribution >= 4 is 17.5 Å². The molecule has 0 heterocycles. The summed E-state index contributed by atoms with van der Waals surface area (Å²) in [6.45, 7) is 3.96. The molecule has 0 radical (unpaired) electrons. The lowest BCUT2D eigenvalue weighted by Gasteiger charge is -2.08. The molecule has 9 heavy (non-hydrogen) atoms. The van der Waals surface area contributed by atoms with Gasteiger partial charge in [-0.1, -0.05) is 6.92 Å². The fraction of sp³-hybridized carbons (Fsp3) is 0.833. The normalized spacial score (nSPS) is 12.8. The smallest absolute Gasteiger partial charge is 0.235 e. The maximum absolute atomic E-state index is 10.5. The second-order valence-electron chi connectivity index (χ2n) is 2.01. The van der Waals surface area contributed by atoms with Gasteiger partial charge in [0.15, 0.2) is 0 Å². The van der Waals surface area contributed by atoms with Crippen LogP contribution in [0.1, 0.15) is 20.3 Å². The van der Waals surface area contributed by atoms with Crippen LogP contribution in [-0.4, -0.2) is 17.8 Å². The number of hydrogen-bond donors (Lipinski definition) is 1. The van der Waals surface area contributed by atoms with E-state index in [9.17, 15) is 4.79 Å². The van der Waals surface area contributed by atoms with Crippen molar-refractivity contribution in [3.8, 4) is 0 Å². The van der Waals surface area contributed by atoms with Gasteiger partial charge in [-0.3, -0.25) is 4.79 Å². The molecule has 0 rings (SSSR count). The second-order valence-corrected chi connectivity index (χ2v) is 2.28. The van der Waals surface area contributed by atoms with Crippen molar-refractivity contribution in [3.63, 3.8) is 0 Å². The Balaban J connectivity index is 3.34. The van der Waals surface area contributed by atoms with Crippen LogP contribution in [-0.2, 0) is 4.79 Å². The summed E-state index contributed by atoms with van der Waals surface area (Å²) in [5, 5.41) is 2.71. The van der Waals surface area contributed by atoms with Gasteiger partial charge in [0.1, 0.15) is 5.88 Å². The zero-order valence-electron chi connectivity index (χ0n) is 5.78. The predicted molar refractivity (Wildman–Crippen MR) is 38.6 cm³/mol. The van der Waals surface area contributed by atoms with Crippen molar-refractivity contribution in [2.75, 3.05) is 5.88 Å². The molecule has 0 saturated heterocycles. The van der Waals surface area contributed by atoms with Gasteiger partial charge in [0.2, 0.25) is 5.91 Å². The molecule has 0 saturated carbocycles. The summed E-state index contributed by atoms with van der Waals surface area (Å²) < 4.78 is 0. The predicted octanol–water partition coefficient (Wildman–Crippen LogP) is 1.14. The van der Waals surface area contributed by atoms with Crippen molar-refractivity contribution in [3.05, 3.63) is 0 Å². The van der Waals surface area contributed by atoms with E-state index in [4.69, 9.17) is 11.6 Å². The summed E-state index contributed by atoms with van der Waals surface area (Å²) in [5.41, 5.74) is 0. The van der Waals surface area contributed by atoms with Crippen molar-refractivity contribution in [2.24, 2.45) is 0 Å². The van der Waals surface area contributed by atoms with Crippen LogP contribution >= 0.6 is 11.6 Å². The summed E-state index contributed by atoms with van der Waals surface area (Å²) in [5.74, 6) is -0.0318. The topological polar surface area (TPSA) is 29.1 Å². The molecule has 0 bridgehead atoms. The lowest BCUT2D eigenvalue weighted by molar-refractivity contribution is -0.119. The number of nitrogens with one attached hydrogen (secondary N) is 1. The van der Waals surface area contributed by atoms with Gasteiger partial charge < -0.3 is 5.32 Å². The number of carbonyl (C=O) groups is 1. The molecule has 0 aromatic rings. The van der Waals surface area contributed by atoms with Crippen molar-refractivity contribution in [1.82, 2.24) is 5.32 Å². The molecule has 0 unspecified atom stereocenters. The van der Waals surface area contributed by atoms with E-state index < -0.39 is 0 Å². The third-order valence-electron chi connectivity index (χ3n) is 1.14. The highest BCUT2D eigenvalue weighted by Gasteiger charge is 2.01. The molecule has 3 heteroatoms. The van der Waals surface area contributed by atoms with Crippen molar-refractivity contribution in [1.29, 1.82) is 0 Å². The van der Waals surface area contributed by atoms with Gasteiger partial charge in [-0.2, -0.15) is 0 Å². The summed E-state index contributed by atoms with van der Waals surface area (Å²) in [6.07, 6.45) is 0.947. The van der Waals surface area contributed by atoms with Crippen LogP contribution in [0.5, 0.6) is 0 Å². The Morgan fingerprint density at radius 1 is 1.78 bits per heavy atom. The quantitative estimate of drug-likeness (QED) is 0.600. The van der Waals surface area contributed by atoms with Crippen molar-refractivity contribution in [2.45, 2.75) is 26.3 Å². The second kappa shape index (κ2) is 4.62. The van der Waals surface area contributed by atoms with Gasteiger partial charge in [0.05, 0.1) is 0 Å². The van der Waals surface area contributed by atoms with Gasteiger partial charge in [-0.15, -0.1) is 11.6 Å².